The van der Waals surface area contributed by atoms with E-state index < -0.39 is 18.0 Å². The molecule has 6 nitrogen and oxygen atoms in total. The highest BCUT2D eigenvalue weighted by molar-refractivity contribution is 7.20. The van der Waals surface area contributed by atoms with Crippen molar-refractivity contribution in [1.82, 2.24) is 0 Å². The smallest absolute Gasteiger partial charge is 0.349 e. The maximum atomic E-state index is 12.3. The zero-order valence-electron chi connectivity index (χ0n) is 15.1. The lowest BCUT2D eigenvalue weighted by Crippen LogP contribution is -2.29. The first-order valence-corrected chi connectivity index (χ1v) is 9.06. The van der Waals surface area contributed by atoms with Gasteiger partial charge >= 0.3 is 5.97 Å². The van der Waals surface area contributed by atoms with Crippen LogP contribution in [0, 0.1) is 0 Å². The molecule has 0 aliphatic rings. The van der Waals surface area contributed by atoms with Gasteiger partial charge in [0, 0.05) is 16.5 Å². The largest absolute Gasteiger partial charge is 0.493 e. The van der Waals surface area contributed by atoms with E-state index in [-0.39, 0.29) is 0 Å². The molecule has 1 N–H and O–H groups in total. The highest BCUT2D eigenvalue weighted by atomic mass is 32.1. The molecule has 3 aromatic rings. The number of amides is 1. The Hall–Kier alpha value is -3.06. The maximum absolute atomic E-state index is 12.3. The minimum Gasteiger partial charge on any atom is -0.493 e. The molecular formula is C20H19NO5S. The van der Waals surface area contributed by atoms with Crippen LogP contribution in [-0.2, 0) is 9.53 Å². The summed E-state index contributed by atoms with van der Waals surface area (Å²) in [6.07, 6.45) is -0.948. The molecule has 0 aliphatic carbocycles. The molecule has 0 spiro atoms. The molecule has 27 heavy (non-hydrogen) atoms. The van der Waals surface area contributed by atoms with E-state index >= 15 is 0 Å². The van der Waals surface area contributed by atoms with Crippen LogP contribution in [0.2, 0.25) is 0 Å². The molecule has 0 saturated heterocycles. The molecule has 0 saturated carbocycles. The zero-order valence-corrected chi connectivity index (χ0v) is 16.0. The van der Waals surface area contributed by atoms with Crippen LogP contribution in [0.1, 0.15) is 16.6 Å². The highest BCUT2D eigenvalue weighted by Crippen LogP contribution is 2.30. The van der Waals surface area contributed by atoms with Gasteiger partial charge in [-0.1, -0.05) is 18.2 Å². The summed E-state index contributed by atoms with van der Waals surface area (Å²) in [4.78, 5) is 25.1. The predicted molar refractivity (Wildman–Crippen MR) is 105 cm³/mol. The fourth-order valence-electron chi connectivity index (χ4n) is 2.51. The van der Waals surface area contributed by atoms with Gasteiger partial charge in [0.15, 0.2) is 17.6 Å². The number of benzene rings is 2. The van der Waals surface area contributed by atoms with Crippen LogP contribution >= 0.6 is 11.3 Å². The number of hydrogen-bond donors (Lipinski definition) is 1. The van der Waals surface area contributed by atoms with Crippen molar-refractivity contribution in [2.24, 2.45) is 0 Å². The summed E-state index contributed by atoms with van der Waals surface area (Å²) in [6.45, 7) is 1.53. The van der Waals surface area contributed by atoms with Crippen LogP contribution in [0.4, 0.5) is 5.69 Å². The van der Waals surface area contributed by atoms with Crippen molar-refractivity contribution in [1.29, 1.82) is 0 Å². The van der Waals surface area contributed by atoms with Gasteiger partial charge in [-0.15, -0.1) is 11.3 Å². The normalized spacial score (nSPS) is 11.7. The van der Waals surface area contributed by atoms with Gasteiger partial charge in [0.05, 0.1) is 14.2 Å². The van der Waals surface area contributed by atoms with Gasteiger partial charge in [0.25, 0.3) is 5.91 Å². The Bertz CT molecular complexity index is 948. The van der Waals surface area contributed by atoms with Crippen molar-refractivity contribution in [2.45, 2.75) is 13.0 Å². The predicted octanol–water partition coefficient (Wildman–Crippen LogP) is 4.10. The Kier molecular flexibility index (Phi) is 5.61. The summed E-state index contributed by atoms with van der Waals surface area (Å²) in [5, 5.41) is 3.67. The molecule has 2 aromatic carbocycles. The van der Waals surface area contributed by atoms with E-state index in [9.17, 15) is 9.59 Å². The Morgan fingerprint density at radius 2 is 1.74 bits per heavy atom. The van der Waals surface area contributed by atoms with Crippen LogP contribution in [0.3, 0.4) is 0 Å². The van der Waals surface area contributed by atoms with Crippen molar-refractivity contribution >= 4 is 39.0 Å². The molecule has 0 radical (unpaired) electrons. The molecular weight excluding hydrogens is 366 g/mol. The number of carbonyl (C=O) groups is 2. The van der Waals surface area contributed by atoms with Gasteiger partial charge in [0.2, 0.25) is 0 Å². The minimum absolute atomic E-state index is 0.434. The van der Waals surface area contributed by atoms with Gasteiger partial charge in [-0.25, -0.2) is 4.79 Å². The fourth-order valence-corrected chi connectivity index (χ4v) is 3.46. The lowest BCUT2D eigenvalue weighted by Gasteiger charge is -2.14. The van der Waals surface area contributed by atoms with E-state index in [1.807, 2.05) is 24.3 Å². The molecule has 1 heterocycles. The van der Waals surface area contributed by atoms with Crippen LogP contribution in [0.5, 0.6) is 11.5 Å². The second-order valence-corrected chi connectivity index (χ2v) is 6.84. The standard InChI is InChI=1S/C20H19NO5S/c1-12(19(22)21-14-8-9-15(24-2)16(11-14)25-3)26-20(23)18-10-13-6-4-5-7-17(13)27-18/h4-12H,1-3H3,(H,21,22)/t12-/m1/s1. The van der Waals surface area contributed by atoms with E-state index in [4.69, 9.17) is 14.2 Å². The van der Waals surface area contributed by atoms with Gasteiger partial charge in [0.1, 0.15) is 4.88 Å². The fraction of sp³-hybridized carbons (Fsp3) is 0.200. The molecule has 7 heteroatoms. The van der Waals surface area contributed by atoms with Crippen LogP contribution in [-0.4, -0.2) is 32.2 Å². The van der Waals surface area contributed by atoms with Crippen molar-refractivity contribution in [2.75, 3.05) is 19.5 Å². The van der Waals surface area contributed by atoms with Crippen LogP contribution in [0.25, 0.3) is 10.1 Å². The number of hydrogen-bond acceptors (Lipinski definition) is 6. The van der Waals surface area contributed by atoms with Crippen LogP contribution in [0.15, 0.2) is 48.5 Å². The maximum Gasteiger partial charge on any atom is 0.349 e. The van der Waals surface area contributed by atoms with Crippen LogP contribution < -0.4 is 14.8 Å². The summed E-state index contributed by atoms with van der Waals surface area (Å²) < 4.78 is 16.7. The number of anilines is 1. The van der Waals surface area contributed by atoms with Crippen molar-refractivity contribution in [3.63, 3.8) is 0 Å². The van der Waals surface area contributed by atoms with Gasteiger partial charge in [-0.05, 0) is 36.6 Å². The Balaban J connectivity index is 1.65. The van der Waals surface area contributed by atoms with Gasteiger partial charge < -0.3 is 19.5 Å². The number of nitrogens with one attached hydrogen (secondary N) is 1. The van der Waals surface area contributed by atoms with E-state index in [0.29, 0.717) is 22.1 Å². The summed E-state index contributed by atoms with van der Waals surface area (Å²) in [7, 11) is 3.05. The van der Waals surface area contributed by atoms with Crippen molar-refractivity contribution in [3.05, 3.63) is 53.4 Å². The first-order valence-electron chi connectivity index (χ1n) is 8.24. The first-order chi connectivity index (χ1) is 13.0. The summed E-state index contributed by atoms with van der Waals surface area (Å²) in [6, 6.07) is 14.4. The molecule has 0 unspecified atom stereocenters. The zero-order chi connectivity index (χ0) is 19.4. The number of thiophene rings is 1. The molecule has 0 bridgehead atoms. The monoisotopic (exact) mass is 385 g/mol. The van der Waals surface area contributed by atoms with Gasteiger partial charge in [-0.3, -0.25) is 4.79 Å². The number of rotatable bonds is 6. The highest BCUT2D eigenvalue weighted by Gasteiger charge is 2.21. The third-order valence-electron chi connectivity index (χ3n) is 3.93. The summed E-state index contributed by atoms with van der Waals surface area (Å²) in [5.74, 6) is 0.0906. The average molecular weight is 385 g/mol. The second kappa shape index (κ2) is 8.09. The van der Waals surface area contributed by atoms with E-state index in [0.717, 1.165) is 10.1 Å². The molecule has 1 aromatic heterocycles. The molecule has 1 amide bonds. The molecule has 140 valence electrons. The third-order valence-corrected chi connectivity index (χ3v) is 5.03. The number of ether oxygens (including phenoxy) is 3. The third kappa shape index (κ3) is 4.20. The average Bonchev–Trinajstić information content (AvgIpc) is 3.12. The second-order valence-electron chi connectivity index (χ2n) is 5.76. The lowest BCUT2D eigenvalue weighted by molar-refractivity contribution is -0.123. The molecule has 0 fully saturated rings. The number of carbonyl (C=O) groups excluding carboxylic acids is 2. The quantitative estimate of drug-likeness (QED) is 0.647. The molecule has 1 atom stereocenters. The van der Waals surface area contributed by atoms with E-state index in [1.165, 1.54) is 32.5 Å². The Morgan fingerprint density at radius 3 is 2.44 bits per heavy atom. The Labute approximate surface area is 160 Å². The minimum atomic E-state index is -0.948. The van der Waals surface area contributed by atoms with E-state index in [2.05, 4.69) is 5.32 Å². The SMILES string of the molecule is COc1ccc(NC(=O)[C@@H](C)OC(=O)c2cc3ccccc3s2)cc1OC. The molecule has 3 rings (SSSR count). The van der Waals surface area contributed by atoms with Gasteiger partial charge in [-0.2, -0.15) is 0 Å². The number of fused-ring (bicyclic) bond motifs is 1. The van der Waals surface area contributed by atoms with E-state index in [1.54, 1.807) is 24.3 Å². The summed E-state index contributed by atoms with van der Waals surface area (Å²) in [5.41, 5.74) is 0.516. The number of methoxy groups -OCH3 is 2. The lowest BCUT2D eigenvalue weighted by atomic mass is 10.2. The van der Waals surface area contributed by atoms with Crippen molar-refractivity contribution in [3.8, 4) is 11.5 Å². The number of esters is 1. The molecule has 0 aliphatic heterocycles. The first kappa shape index (κ1) is 18.7. The topological polar surface area (TPSA) is 73.9 Å². The van der Waals surface area contributed by atoms with Crippen molar-refractivity contribution < 1.29 is 23.8 Å². The Morgan fingerprint density at radius 1 is 1.00 bits per heavy atom. The summed E-state index contributed by atoms with van der Waals surface area (Å²) >= 11 is 1.34.